The van der Waals surface area contributed by atoms with Crippen LogP contribution in [0.25, 0.3) is 0 Å². The summed E-state index contributed by atoms with van der Waals surface area (Å²) in [6.07, 6.45) is 1.87. The molecule has 3 nitrogen and oxygen atoms in total. The minimum absolute atomic E-state index is 0.101. The number of para-hydroxylation sites is 1. The van der Waals surface area contributed by atoms with Gasteiger partial charge in [0.15, 0.2) is 11.5 Å². The summed E-state index contributed by atoms with van der Waals surface area (Å²) in [5.41, 5.74) is 6.89. The highest BCUT2D eigenvalue weighted by atomic mass is 16.5. The molecule has 2 rings (SSSR count). The minimum Gasteiger partial charge on any atom is -0.487 e. The molecular formula is C15H23NO2. The SMILES string of the molecule is CC(N)CC(C)Oc1cccc2c1OC(C)(C)C2. The van der Waals surface area contributed by atoms with Crippen LogP contribution in [-0.2, 0) is 6.42 Å². The van der Waals surface area contributed by atoms with Gasteiger partial charge in [-0.25, -0.2) is 0 Å². The smallest absolute Gasteiger partial charge is 0.165 e. The molecule has 2 N–H and O–H groups in total. The Morgan fingerprint density at radius 2 is 2.11 bits per heavy atom. The van der Waals surface area contributed by atoms with Crippen LogP contribution in [0.2, 0.25) is 0 Å². The monoisotopic (exact) mass is 249 g/mol. The molecule has 3 heteroatoms. The van der Waals surface area contributed by atoms with Gasteiger partial charge in [0.2, 0.25) is 0 Å². The van der Waals surface area contributed by atoms with E-state index in [1.54, 1.807) is 0 Å². The van der Waals surface area contributed by atoms with Gasteiger partial charge in [-0.1, -0.05) is 12.1 Å². The fourth-order valence-electron chi connectivity index (χ4n) is 2.47. The van der Waals surface area contributed by atoms with Crippen LogP contribution in [0.15, 0.2) is 18.2 Å². The summed E-state index contributed by atoms with van der Waals surface area (Å²) in [5, 5.41) is 0. The third kappa shape index (κ3) is 2.96. The number of fused-ring (bicyclic) bond motifs is 1. The summed E-state index contributed by atoms with van der Waals surface area (Å²) in [6, 6.07) is 6.25. The molecule has 1 aromatic rings. The average molecular weight is 249 g/mol. The maximum Gasteiger partial charge on any atom is 0.165 e. The zero-order valence-corrected chi connectivity index (χ0v) is 11.7. The summed E-state index contributed by atoms with van der Waals surface area (Å²) >= 11 is 0. The van der Waals surface area contributed by atoms with Gasteiger partial charge in [-0.3, -0.25) is 0 Å². The lowest BCUT2D eigenvalue weighted by Gasteiger charge is -2.21. The van der Waals surface area contributed by atoms with Crippen LogP contribution in [-0.4, -0.2) is 17.7 Å². The zero-order chi connectivity index (χ0) is 13.3. The first-order valence-electron chi connectivity index (χ1n) is 6.60. The van der Waals surface area contributed by atoms with Crippen molar-refractivity contribution in [2.24, 2.45) is 5.73 Å². The van der Waals surface area contributed by atoms with Gasteiger partial charge < -0.3 is 15.2 Å². The summed E-state index contributed by atoms with van der Waals surface area (Å²) < 4.78 is 11.9. The molecule has 2 atom stereocenters. The summed E-state index contributed by atoms with van der Waals surface area (Å²) in [7, 11) is 0. The number of benzene rings is 1. The molecule has 0 bridgehead atoms. The number of rotatable bonds is 4. The van der Waals surface area contributed by atoms with Crippen LogP contribution in [0.5, 0.6) is 11.5 Å². The van der Waals surface area contributed by atoms with E-state index in [9.17, 15) is 0 Å². The number of hydrogen-bond acceptors (Lipinski definition) is 3. The second-order valence-electron chi connectivity index (χ2n) is 5.92. The quantitative estimate of drug-likeness (QED) is 0.892. The number of hydrogen-bond donors (Lipinski definition) is 1. The molecule has 0 aromatic heterocycles. The van der Waals surface area contributed by atoms with Gasteiger partial charge >= 0.3 is 0 Å². The zero-order valence-electron chi connectivity index (χ0n) is 11.7. The van der Waals surface area contributed by atoms with Gasteiger partial charge in [0.25, 0.3) is 0 Å². The predicted molar refractivity (Wildman–Crippen MR) is 73.2 cm³/mol. The summed E-state index contributed by atoms with van der Waals surface area (Å²) in [5.74, 6) is 1.74. The Morgan fingerprint density at radius 1 is 1.39 bits per heavy atom. The van der Waals surface area contributed by atoms with Crippen molar-refractivity contribution in [3.05, 3.63) is 23.8 Å². The van der Waals surface area contributed by atoms with Crippen LogP contribution < -0.4 is 15.2 Å². The van der Waals surface area contributed by atoms with Crippen molar-refractivity contribution in [2.45, 2.75) is 58.3 Å². The first-order valence-corrected chi connectivity index (χ1v) is 6.60. The van der Waals surface area contributed by atoms with E-state index >= 15 is 0 Å². The molecule has 1 aliphatic heterocycles. The number of ether oxygens (including phenoxy) is 2. The molecule has 0 fully saturated rings. The molecule has 0 saturated heterocycles. The molecular weight excluding hydrogens is 226 g/mol. The maximum atomic E-state index is 5.98. The molecule has 0 radical (unpaired) electrons. The van der Waals surface area contributed by atoms with Gasteiger partial charge in [0.1, 0.15) is 5.60 Å². The Balaban J connectivity index is 2.14. The fraction of sp³-hybridized carbons (Fsp3) is 0.600. The van der Waals surface area contributed by atoms with Crippen LogP contribution in [0, 0.1) is 0 Å². The van der Waals surface area contributed by atoms with E-state index in [1.165, 1.54) is 5.56 Å². The largest absolute Gasteiger partial charge is 0.487 e. The lowest BCUT2D eigenvalue weighted by Crippen LogP contribution is -2.26. The second kappa shape index (κ2) is 4.81. The van der Waals surface area contributed by atoms with Crippen LogP contribution in [0.1, 0.15) is 39.7 Å². The molecule has 18 heavy (non-hydrogen) atoms. The van der Waals surface area contributed by atoms with Crippen molar-refractivity contribution in [3.8, 4) is 11.5 Å². The van der Waals surface area contributed by atoms with Gasteiger partial charge in [0, 0.05) is 18.0 Å². The molecule has 1 heterocycles. The lowest BCUT2D eigenvalue weighted by atomic mass is 10.0. The topological polar surface area (TPSA) is 44.5 Å². The molecule has 1 aromatic carbocycles. The molecule has 0 spiro atoms. The normalized spacial score (nSPS) is 19.8. The van der Waals surface area contributed by atoms with Crippen molar-refractivity contribution in [2.75, 3.05) is 0 Å². The average Bonchev–Trinajstić information content (AvgIpc) is 2.52. The summed E-state index contributed by atoms with van der Waals surface area (Å²) in [4.78, 5) is 0. The minimum atomic E-state index is -0.133. The van der Waals surface area contributed by atoms with E-state index in [2.05, 4.69) is 19.9 Å². The van der Waals surface area contributed by atoms with Crippen molar-refractivity contribution in [1.82, 2.24) is 0 Å². The lowest BCUT2D eigenvalue weighted by molar-refractivity contribution is 0.125. The second-order valence-corrected chi connectivity index (χ2v) is 5.92. The number of nitrogens with two attached hydrogens (primary N) is 1. The van der Waals surface area contributed by atoms with Crippen LogP contribution in [0.3, 0.4) is 0 Å². The molecule has 0 aliphatic carbocycles. The first kappa shape index (κ1) is 13.2. The highest BCUT2D eigenvalue weighted by molar-refractivity contribution is 5.50. The Hall–Kier alpha value is -1.22. The van der Waals surface area contributed by atoms with E-state index in [0.29, 0.717) is 0 Å². The summed E-state index contributed by atoms with van der Waals surface area (Å²) in [6.45, 7) is 8.24. The van der Waals surface area contributed by atoms with E-state index in [0.717, 1.165) is 24.3 Å². The molecule has 2 unspecified atom stereocenters. The molecule has 0 amide bonds. The van der Waals surface area contributed by atoms with Gasteiger partial charge in [-0.05, 0) is 40.2 Å². The highest BCUT2D eigenvalue weighted by Crippen LogP contribution is 2.42. The van der Waals surface area contributed by atoms with Gasteiger partial charge in [0.05, 0.1) is 6.10 Å². The molecule has 1 aliphatic rings. The maximum absolute atomic E-state index is 5.98. The standard InChI is InChI=1S/C15H23NO2/c1-10(16)8-11(2)17-13-7-5-6-12-9-15(3,4)18-14(12)13/h5-7,10-11H,8-9,16H2,1-4H3. The molecule has 100 valence electrons. The van der Waals surface area contributed by atoms with Crippen molar-refractivity contribution in [1.29, 1.82) is 0 Å². The molecule has 0 saturated carbocycles. The van der Waals surface area contributed by atoms with E-state index in [-0.39, 0.29) is 17.7 Å². The van der Waals surface area contributed by atoms with E-state index in [1.807, 2.05) is 26.0 Å². The fourth-order valence-corrected chi connectivity index (χ4v) is 2.47. The van der Waals surface area contributed by atoms with Crippen LogP contribution in [0.4, 0.5) is 0 Å². The van der Waals surface area contributed by atoms with Crippen LogP contribution >= 0.6 is 0 Å². The highest BCUT2D eigenvalue weighted by Gasteiger charge is 2.32. The Labute approximate surface area is 109 Å². The third-order valence-electron chi connectivity index (χ3n) is 3.09. The van der Waals surface area contributed by atoms with Crippen molar-refractivity contribution < 1.29 is 9.47 Å². The van der Waals surface area contributed by atoms with Gasteiger partial charge in [-0.15, -0.1) is 0 Å². The van der Waals surface area contributed by atoms with Gasteiger partial charge in [-0.2, -0.15) is 0 Å². The van der Waals surface area contributed by atoms with Crippen molar-refractivity contribution >= 4 is 0 Å². The van der Waals surface area contributed by atoms with E-state index in [4.69, 9.17) is 15.2 Å². The Morgan fingerprint density at radius 3 is 2.78 bits per heavy atom. The first-order chi connectivity index (χ1) is 8.37. The van der Waals surface area contributed by atoms with Crippen molar-refractivity contribution in [3.63, 3.8) is 0 Å². The third-order valence-corrected chi connectivity index (χ3v) is 3.09. The van der Waals surface area contributed by atoms with E-state index < -0.39 is 0 Å². The predicted octanol–water partition coefficient (Wildman–Crippen LogP) is 2.90. The Bertz CT molecular complexity index is 427. The Kier molecular flexibility index (Phi) is 3.53.